The second kappa shape index (κ2) is 5.90. The van der Waals surface area contributed by atoms with Gasteiger partial charge < -0.3 is 10.1 Å². The molecule has 1 heterocycles. The predicted molar refractivity (Wildman–Crippen MR) is 73.9 cm³/mol. The van der Waals surface area contributed by atoms with E-state index >= 15 is 0 Å². The largest absolute Gasteiger partial charge is 0.381 e. The lowest BCUT2D eigenvalue weighted by atomic mass is 10.1. The van der Waals surface area contributed by atoms with Crippen LogP contribution in [-0.2, 0) is 14.8 Å². The van der Waals surface area contributed by atoms with Crippen molar-refractivity contribution < 1.29 is 17.9 Å². The SMILES string of the molecule is Cc1cc(S(N)(=O)=O)ccc1C(=O)NC1CCOCC1. The quantitative estimate of drug-likeness (QED) is 0.851. The van der Waals surface area contributed by atoms with Gasteiger partial charge in [-0.05, 0) is 43.5 Å². The van der Waals surface area contributed by atoms with Gasteiger partial charge in [0.2, 0.25) is 10.0 Å². The van der Waals surface area contributed by atoms with Crippen LogP contribution in [0, 0.1) is 6.92 Å². The first-order valence-corrected chi connectivity index (χ1v) is 7.94. The molecule has 0 radical (unpaired) electrons. The molecule has 0 bridgehead atoms. The Labute approximate surface area is 118 Å². The van der Waals surface area contributed by atoms with Gasteiger partial charge >= 0.3 is 0 Å². The molecule has 1 saturated heterocycles. The number of hydrogen-bond acceptors (Lipinski definition) is 4. The average Bonchev–Trinajstić information content (AvgIpc) is 2.38. The molecule has 1 fully saturated rings. The van der Waals surface area contributed by atoms with Crippen LogP contribution in [0.1, 0.15) is 28.8 Å². The fraction of sp³-hybridized carbons (Fsp3) is 0.462. The van der Waals surface area contributed by atoms with E-state index in [0.717, 1.165) is 12.8 Å². The van der Waals surface area contributed by atoms with Crippen molar-refractivity contribution in [2.45, 2.75) is 30.7 Å². The molecule has 6 nitrogen and oxygen atoms in total. The minimum Gasteiger partial charge on any atom is -0.381 e. The lowest BCUT2D eigenvalue weighted by molar-refractivity contribution is 0.0696. The van der Waals surface area contributed by atoms with Gasteiger partial charge in [-0.3, -0.25) is 4.79 Å². The van der Waals surface area contributed by atoms with Gasteiger partial charge in [0.05, 0.1) is 4.90 Å². The van der Waals surface area contributed by atoms with E-state index in [-0.39, 0.29) is 16.8 Å². The number of carbonyl (C=O) groups is 1. The summed E-state index contributed by atoms with van der Waals surface area (Å²) in [5, 5.41) is 7.99. The highest BCUT2D eigenvalue weighted by Gasteiger charge is 2.19. The van der Waals surface area contributed by atoms with Crippen LogP contribution < -0.4 is 10.5 Å². The molecule has 110 valence electrons. The smallest absolute Gasteiger partial charge is 0.251 e. The van der Waals surface area contributed by atoms with Crippen molar-refractivity contribution in [2.24, 2.45) is 5.14 Å². The molecule has 1 aromatic carbocycles. The maximum Gasteiger partial charge on any atom is 0.251 e. The zero-order valence-electron chi connectivity index (χ0n) is 11.3. The highest BCUT2D eigenvalue weighted by Crippen LogP contribution is 2.15. The van der Waals surface area contributed by atoms with Crippen molar-refractivity contribution >= 4 is 15.9 Å². The number of benzene rings is 1. The summed E-state index contributed by atoms with van der Waals surface area (Å²) < 4.78 is 27.7. The van der Waals surface area contributed by atoms with E-state index in [0.29, 0.717) is 24.3 Å². The number of rotatable bonds is 3. The predicted octanol–water partition coefficient (Wildman–Crippen LogP) is 0.551. The first-order chi connectivity index (χ1) is 9.38. The second-order valence-electron chi connectivity index (χ2n) is 4.88. The third-order valence-electron chi connectivity index (χ3n) is 3.33. The molecule has 1 amide bonds. The summed E-state index contributed by atoms with van der Waals surface area (Å²) in [5.41, 5.74) is 1.05. The summed E-state index contributed by atoms with van der Waals surface area (Å²) >= 11 is 0. The Morgan fingerprint density at radius 2 is 2.00 bits per heavy atom. The van der Waals surface area contributed by atoms with Crippen molar-refractivity contribution in [2.75, 3.05) is 13.2 Å². The molecule has 0 aromatic heterocycles. The molecule has 20 heavy (non-hydrogen) atoms. The highest BCUT2D eigenvalue weighted by molar-refractivity contribution is 7.89. The van der Waals surface area contributed by atoms with Gasteiger partial charge in [0.1, 0.15) is 0 Å². The van der Waals surface area contributed by atoms with Gasteiger partial charge in [0.25, 0.3) is 5.91 Å². The van der Waals surface area contributed by atoms with Gasteiger partial charge in [0.15, 0.2) is 0 Å². The number of nitrogens with one attached hydrogen (secondary N) is 1. The van der Waals surface area contributed by atoms with Crippen LogP contribution in [0.3, 0.4) is 0 Å². The Morgan fingerprint density at radius 3 is 2.55 bits per heavy atom. The molecule has 0 saturated carbocycles. The highest BCUT2D eigenvalue weighted by atomic mass is 32.2. The molecule has 1 aromatic rings. The number of nitrogens with two attached hydrogens (primary N) is 1. The van der Waals surface area contributed by atoms with Gasteiger partial charge in [-0.2, -0.15) is 0 Å². The van der Waals surface area contributed by atoms with Crippen molar-refractivity contribution in [3.63, 3.8) is 0 Å². The van der Waals surface area contributed by atoms with E-state index < -0.39 is 10.0 Å². The van der Waals surface area contributed by atoms with Crippen molar-refractivity contribution in [1.82, 2.24) is 5.32 Å². The third-order valence-corrected chi connectivity index (χ3v) is 4.24. The molecular weight excluding hydrogens is 280 g/mol. The van der Waals surface area contributed by atoms with Crippen molar-refractivity contribution in [3.05, 3.63) is 29.3 Å². The molecule has 0 unspecified atom stereocenters. The summed E-state index contributed by atoms with van der Waals surface area (Å²) in [6, 6.07) is 4.35. The van der Waals surface area contributed by atoms with Crippen LogP contribution in [0.2, 0.25) is 0 Å². The number of ether oxygens (including phenoxy) is 1. The van der Waals surface area contributed by atoms with Crippen LogP contribution in [0.15, 0.2) is 23.1 Å². The molecule has 1 aliphatic rings. The van der Waals surface area contributed by atoms with E-state index in [1.807, 2.05) is 0 Å². The number of hydrogen-bond donors (Lipinski definition) is 2. The van der Waals surface area contributed by atoms with Crippen LogP contribution in [-0.4, -0.2) is 33.6 Å². The minimum atomic E-state index is -3.74. The van der Waals surface area contributed by atoms with E-state index in [1.165, 1.54) is 18.2 Å². The Kier molecular flexibility index (Phi) is 4.42. The maximum atomic E-state index is 12.2. The standard InChI is InChI=1S/C13H18N2O4S/c1-9-8-11(20(14,17)18)2-3-12(9)13(16)15-10-4-6-19-7-5-10/h2-3,8,10H,4-7H2,1H3,(H,15,16)(H2,14,17,18). The third kappa shape index (κ3) is 3.56. The Morgan fingerprint density at radius 1 is 1.35 bits per heavy atom. The van der Waals surface area contributed by atoms with E-state index in [2.05, 4.69) is 5.32 Å². The summed E-state index contributed by atoms with van der Waals surface area (Å²) in [7, 11) is -3.74. The number of amides is 1. The number of carbonyl (C=O) groups excluding carboxylic acids is 1. The summed E-state index contributed by atoms with van der Waals surface area (Å²) in [6.45, 7) is 2.98. The zero-order chi connectivity index (χ0) is 14.8. The Balaban J connectivity index is 2.14. The first kappa shape index (κ1) is 15.0. The van der Waals surface area contributed by atoms with E-state index in [4.69, 9.17) is 9.88 Å². The van der Waals surface area contributed by atoms with Gasteiger partial charge in [-0.1, -0.05) is 0 Å². The Hall–Kier alpha value is -1.44. The lowest BCUT2D eigenvalue weighted by Gasteiger charge is -2.23. The Bertz CT molecular complexity index is 607. The number of primary sulfonamides is 1. The summed E-state index contributed by atoms with van der Waals surface area (Å²) in [5.74, 6) is -0.199. The van der Waals surface area contributed by atoms with Gasteiger partial charge in [0, 0.05) is 24.8 Å². The maximum absolute atomic E-state index is 12.2. The monoisotopic (exact) mass is 298 g/mol. The minimum absolute atomic E-state index is 0.0117. The molecule has 1 aliphatic heterocycles. The second-order valence-corrected chi connectivity index (χ2v) is 6.44. The zero-order valence-corrected chi connectivity index (χ0v) is 12.1. The fourth-order valence-corrected chi connectivity index (χ4v) is 2.77. The fourth-order valence-electron chi connectivity index (χ4n) is 2.17. The van der Waals surface area contributed by atoms with Crippen molar-refractivity contribution in [1.29, 1.82) is 0 Å². The van der Waals surface area contributed by atoms with Crippen LogP contribution in [0.25, 0.3) is 0 Å². The first-order valence-electron chi connectivity index (χ1n) is 6.40. The molecule has 0 spiro atoms. The van der Waals surface area contributed by atoms with Crippen molar-refractivity contribution in [3.8, 4) is 0 Å². The van der Waals surface area contributed by atoms with Crippen LogP contribution >= 0.6 is 0 Å². The molecule has 7 heteroatoms. The van der Waals surface area contributed by atoms with Crippen LogP contribution in [0.4, 0.5) is 0 Å². The summed E-state index contributed by atoms with van der Waals surface area (Å²) in [4.78, 5) is 12.2. The molecular formula is C13H18N2O4S. The molecule has 0 aliphatic carbocycles. The van der Waals surface area contributed by atoms with Crippen LogP contribution in [0.5, 0.6) is 0 Å². The van der Waals surface area contributed by atoms with E-state index in [9.17, 15) is 13.2 Å². The average molecular weight is 298 g/mol. The normalized spacial score (nSPS) is 16.9. The van der Waals surface area contributed by atoms with Gasteiger partial charge in [-0.15, -0.1) is 0 Å². The lowest BCUT2D eigenvalue weighted by Crippen LogP contribution is -2.39. The van der Waals surface area contributed by atoms with E-state index in [1.54, 1.807) is 6.92 Å². The number of aryl methyl sites for hydroxylation is 1. The summed E-state index contributed by atoms with van der Waals surface area (Å²) in [6.07, 6.45) is 1.58. The molecule has 3 N–H and O–H groups in total. The molecule has 2 rings (SSSR count). The molecule has 0 atom stereocenters. The van der Waals surface area contributed by atoms with Gasteiger partial charge in [-0.25, -0.2) is 13.6 Å². The topological polar surface area (TPSA) is 98.5 Å². The number of sulfonamides is 1.